The van der Waals surface area contributed by atoms with Crippen molar-refractivity contribution in [2.24, 2.45) is 0 Å². The van der Waals surface area contributed by atoms with E-state index in [-0.39, 0.29) is 11.8 Å². The predicted molar refractivity (Wildman–Crippen MR) is 80.7 cm³/mol. The summed E-state index contributed by atoms with van der Waals surface area (Å²) in [4.78, 5) is 14.0. The zero-order chi connectivity index (χ0) is 15.2. The van der Waals surface area contributed by atoms with Gasteiger partial charge in [0.05, 0.1) is 6.04 Å². The van der Waals surface area contributed by atoms with E-state index in [1.807, 2.05) is 26.0 Å². The number of carbonyl (C=O) groups excluding carboxylic acids is 1. The fourth-order valence-corrected chi connectivity index (χ4v) is 3.40. The molecule has 114 valence electrons. The maximum Gasteiger partial charge on any atom is 0.159 e. The van der Waals surface area contributed by atoms with Crippen molar-refractivity contribution in [1.29, 1.82) is 0 Å². The number of hydrogen-bond acceptors (Lipinski definition) is 4. The fourth-order valence-electron chi connectivity index (χ4n) is 3.40. The number of ether oxygens (including phenoxy) is 1. The Kier molecular flexibility index (Phi) is 3.54. The first-order chi connectivity index (χ1) is 9.90. The van der Waals surface area contributed by atoms with Gasteiger partial charge in [-0.25, -0.2) is 0 Å². The van der Waals surface area contributed by atoms with E-state index in [2.05, 4.69) is 4.90 Å². The number of rotatable bonds is 2. The number of aliphatic hydroxyl groups is 1. The number of fused-ring (bicyclic) bond motifs is 1. The second-order valence-electron chi connectivity index (χ2n) is 6.65. The molecule has 2 atom stereocenters. The average molecular weight is 289 g/mol. The maximum absolute atomic E-state index is 11.7. The van der Waals surface area contributed by atoms with Crippen molar-refractivity contribution in [1.82, 2.24) is 4.90 Å². The molecule has 1 N–H and O–H groups in total. The van der Waals surface area contributed by atoms with Crippen LogP contribution in [0.1, 0.15) is 55.6 Å². The molecule has 1 fully saturated rings. The Bertz CT molecular complexity index is 561. The number of benzene rings is 1. The fraction of sp³-hybridized carbons (Fsp3) is 0.588. The first-order valence-corrected chi connectivity index (χ1v) is 7.66. The van der Waals surface area contributed by atoms with Crippen molar-refractivity contribution in [3.8, 4) is 5.75 Å². The molecular weight excluding hydrogens is 266 g/mol. The Hall–Kier alpha value is -1.39. The Balaban J connectivity index is 2.08. The van der Waals surface area contributed by atoms with Gasteiger partial charge < -0.3 is 9.84 Å². The minimum Gasteiger partial charge on any atom is -0.485 e. The van der Waals surface area contributed by atoms with E-state index in [0.29, 0.717) is 5.56 Å². The van der Waals surface area contributed by atoms with Crippen LogP contribution in [0.15, 0.2) is 18.2 Å². The highest BCUT2D eigenvalue weighted by Crippen LogP contribution is 2.44. The molecule has 2 aliphatic rings. The molecule has 2 aliphatic heterocycles. The van der Waals surface area contributed by atoms with Crippen LogP contribution in [0.2, 0.25) is 0 Å². The molecule has 0 bridgehead atoms. The lowest BCUT2D eigenvalue weighted by molar-refractivity contribution is -0.0895. The molecule has 0 aliphatic carbocycles. The van der Waals surface area contributed by atoms with Gasteiger partial charge in [0.25, 0.3) is 0 Å². The quantitative estimate of drug-likeness (QED) is 0.850. The Morgan fingerprint density at radius 1 is 1.33 bits per heavy atom. The van der Waals surface area contributed by atoms with Gasteiger partial charge in [0, 0.05) is 11.1 Å². The van der Waals surface area contributed by atoms with Crippen LogP contribution in [0.25, 0.3) is 0 Å². The number of likely N-dealkylation sites (tertiary alicyclic amines) is 1. The minimum absolute atomic E-state index is 0.0392. The van der Waals surface area contributed by atoms with E-state index >= 15 is 0 Å². The van der Waals surface area contributed by atoms with Crippen molar-refractivity contribution in [2.45, 2.75) is 51.4 Å². The van der Waals surface area contributed by atoms with E-state index < -0.39 is 11.7 Å². The Morgan fingerprint density at radius 2 is 2.00 bits per heavy atom. The van der Waals surface area contributed by atoms with Gasteiger partial charge >= 0.3 is 0 Å². The highest BCUT2D eigenvalue weighted by atomic mass is 16.5. The van der Waals surface area contributed by atoms with E-state index in [1.54, 1.807) is 13.0 Å². The van der Waals surface area contributed by atoms with Crippen LogP contribution >= 0.6 is 0 Å². The highest BCUT2D eigenvalue weighted by Gasteiger charge is 2.45. The molecule has 1 aromatic carbocycles. The highest BCUT2D eigenvalue weighted by molar-refractivity contribution is 5.94. The summed E-state index contributed by atoms with van der Waals surface area (Å²) in [5, 5.41) is 10.8. The number of carbonyl (C=O) groups is 1. The van der Waals surface area contributed by atoms with Gasteiger partial charge in [-0.1, -0.05) is 0 Å². The van der Waals surface area contributed by atoms with Gasteiger partial charge in [-0.05, 0) is 64.9 Å². The summed E-state index contributed by atoms with van der Waals surface area (Å²) in [5.74, 6) is 0.824. The number of nitrogens with zero attached hydrogens (tertiary/aromatic N) is 1. The molecule has 3 rings (SSSR count). The molecule has 0 saturated carbocycles. The first kappa shape index (κ1) is 14.5. The third-order valence-electron chi connectivity index (χ3n) is 4.65. The summed E-state index contributed by atoms with van der Waals surface area (Å²) in [5.41, 5.74) is 0.989. The zero-order valence-electron chi connectivity index (χ0n) is 12.9. The molecule has 2 heterocycles. The topological polar surface area (TPSA) is 49.8 Å². The summed E-state index contributed by atoms with van der Waals surface area (Å²) in [6.45, 7) is 7.38. The molecule has 1 saturated heterocycles. The second-order valence-corrected chi connectivity index (χ2v) is 6.65. The Morgan fingerprint density at radius 3 is 2.62 bits per heavy atom. The van der Waals surface area contributed by atoms with Crippen LogP contribution in [0.3, 0.4) is 0 Å². The normalized spacial score (nSPS) is 28.0. The van der Waals surface area contributed by atoms with Crippen LogP contribution in [0.5, 0.6) is 5.75 Å². The van der Waals surface area contributed by atoms with Crippen molar-refractivity contribution >= 4 is 5.78 Å². The molecule has 0 amide bonds. The number of aliphatic hydroxyl groups excluding tert-OH is 1. The van der Waals surface area contributed by atoms with Crippen molar-refractivity contribution < 1.29 is 14.6 Å². The molecule has 1 aromatic rings. The minimum atomic E-state index is -0.627. The number of Topliss-reactive ketones (excluding diaryl/α,β-unsaturated/α-hetero) is 1. The van der Waals surface area contributed by atoms with Gasteiger partial charge in [-0.3, -0.25) is 9.69 Å². The summed E-state index contributed by atoms with van der Waals surface area (Å²) >= 11 is 0. The molecule has 4 heteroatoms. The molecule has 4 nitrogen and oxygen atoms in total. The van der Waals surface area contributed by atoms with Crippen LogP contribution in [0.4, 0.5) is 0 Å². The first-order valence-electron chi connectivity index (χ1n) is 7.66. The molecule has 0 spiro atoms. The lowest BCUT2D eigenvalue weighted by Crippen LogP contribution is -2.53. The van der Waals surface area contributed by atoms with E-state index in [1.165, 1.54) is 0 Å². The molecule has 0 radical (unpaired) electrons. The standard InChI is InChI=1S/C17H23NO3/c1-11(19)12-6-7-14-13(10-12)15(18-8-4-5-9-18)16(20)17(2,3)21-14/h6-7,10,15-16,20H,4-5,8-9H2,1-3H3/t15-,16+/m1/s1. The monoisotopic (exact) mass is 289 g/mol. The largest absolute Gasteiger partial charge is 0.485 e. The summed E-state index contributed by atoms with van der Waals surface area (Å²) < 4.78 is 5.97. The predicted octanol–water partition coefficient (Wildman–Crippen LogP) is 2.56. The maximum atomic E-state index is 11.7. The van der Waals surface area contributed by atoms with Crippen LogP contribution in [-0.4, -0.2) is 40.6 Å². The van der Waals surface area contributed by atoms with E-state index in [9.17, 15) is 9.90 Å². The van der Waals surface area contributed by atoms with Crippen molar-refractivity contribution in [3.05, 3.63) is 29.3 Å². The van der Waals surface area contributed by atoms with Gasteiger partial charge in [0.1, 0.15) is 17.5 Å². The SMILES string of the molecule is CC(=O)c1ccc2c(c1)[C@@H](N1CCCC1)[C@H](O)C(C)(C)O2. The lowest BCUT2D eigenvalue weighted by atomic mass is 9.85. The van der Waals surface area contributed by atoms with E-state index in [0.717, 1.165) is 37.2 Å². The average Bonchev–Trinajstić information content (AvgIpc) is 2.93. The van der Waals surface area contributed by atoms with Crippen LogP contribution in [0, 0.1) is 0 Å². The van der Waals surface area contributed by atoms with E-state index in [4.69, 9.17) is 4.74 Å². The van der Waals surface area contributed by atoms with Crippen LogP contribution in [-0.2, 0) is 0 Å². The number of hydrogen-bond donors (Lipinski definition) is 1. The molecule has 21 heavy (non-hydrogen) atoms. The zero-order valence-corrected chi connectivity index (χ0v) is 12.9. The molecule has 0 aromatic heterocycles. The summed E-state index contributed by atoms with van der Waals surface area (Å²) in [6.07, 6.45) is 1.71. The summed E-state index contributed by atoms with van der Waals surface area (Å²) in [6, 6.07) is 5.46. The van der Waals surface area contributed by atoms with Gasteiger partial charge in [0.2, 0.25) is 0 Å². The Labute approximate surface area is 125 Å². The summed E-state index contributed by atoms with van der Waals surface area (Å²) in [7, 11) is 0. The lowest BCUT2D eigenvalue weighted by Gasteiger charge is -2.45. The van der Waals surface area contributed by atoms with Crippen molar-refractivity contribution in [3.63, 3.8) is 0 Å². The smallest absolute Gasteiger partial charge is 0.159 e. The molecule has 0 unspecified atom stereocenters. The third kappa shape index (κ3) is 2.47. The van der Waals surface area contributed by atoms with Crippen LogP contribution < -0.4 is 4.74 Å². The van der Waals surface area contributed by atoms with Gasteiger partial charge in [-0.15, -0.1) is 0 Å². The molecular formula is C17H23NO3. The van der Waals surface area contributed by atoms with Crippen molar-refractivity contribution in [2.75, 3.05) is 13.1 Å². The van der Waals surface area contributed by atoms with Gasteiger partial charge in [-0.2, -0.15) is 0 Å². The third-order valence-corrected chi connectivity index (χ3v) is 4.65. The second kappa shape index (κ2) is 5.11. The number of ketones is 1. The van der Waals surface area contributed by atoms with Gasteiger partial charge in [0.15, 0.2) is 5.78 Å².